The molecular formula is C13H17ClF3N3O. The molecule has 118 valence electrons. The molecular weight excluding hydrogens is 307 g/mol. The van der Waals surface area contributed by atoms with Crippen molar-refractivity contribution in [2.45, 2.75) is 26.1 Å². The van der Waals surface area contributed by atoms with E-state index in [2.05, 4.69) is 10.3 Å². The van der Waals surface area contributed by atoms with Crippen LogP contribution in [0, 0.1) is 0 Å². The van der Waals surface area contributed by atoms with Crippen LogP contribution in [0.3, 0.4) is 0 Å². The van der Waals surface area contributed by atoms with Gasteiger partial charge in [0, 0.05) is 13.6 Å². The third-order valence-electron chi connectivity index (χ3n) is 2.74. The van der Waals surface area contributed by atoms with Crippen LogP contribution in [0.15, 0.2) is 12.1 Å². The van der Waals surface area contributed by atoms with Crippen LogP contribution in [-0.4, -0.2) is 35.9 Å². The SMILES string of the molecule is CCCN(CC(=O)NC)Cc1cc(Cl)nc(C(F)(F)F)c1. The molecule has 0 unspecified atom stereocenters. The number of aromatic nitrogens is 1. The lowest BCUT2D eigenvalue weighted by atomic mass is 10.2. The van der Waals surface area contributed by atoms with Crippen LogP contribution in [0.5, 0.6) is 0 Å². The first kappa shape index (κ1) is 17.7. The van der Waals surface area contributed by atoms with Crippen LogP contribution in [0.4, 0.5) is 13.2 Å². The smallest absolute Gasteiger partial charge is 0.358 e. The standard InChI is InChI=1S/C13H17ClF3N3O/c1-3-4-20(8-12(21)18-2)7-9-5-10(13(15,16)17)19-11(14)6-9/h5-6H,3-4,7-8H2,1-2H3,(H,18,21). The minimum Gasteiger partial charge on any atom is -0.358 e. The number of amides is 1. The van der Waals surface area contributed by atoms with Gasteiger partial charge in [-0.1, -0.05) is 18.5 Å². The summed E-state index contributed by atoms with van der Waals surface area (Å²) < 4.78 is 38.1. The maximum atomic E-state index is 12.7. The molecule has 0 radical (unpaired) electrons. The van der Waals surface area contributed by atoms with Crippen LogP contribution in [-0.2, 0) is 17.5 Å². The van der Waals surface area contributed by atoms with E-state index in [1.807, 2.05) is 6.92 Å². The van der Waals surface area contributed by atoms with E-state index < -0.39 is 11.9 Å². The third kappa shape index (κ3) is 5.89. The predicted molar refractivity (Wildman–Crippen MR) is 73.9 cm³/mol. The Morgan fingerprint density at radius 1 is 1.43 bits per heavy atom. The van der Waals surface area contributed by atoms with Gasteiger partial charge in [0.25, 0.3) is 0 Å². The van der Waals surface area contributed by atoms with Gasteiger partial charge in [-0.2, -0.15) is 13.2 Å². The summed E-state index contributed by atoms with van der Waals surface area (Å²) in [6.45, 7) is 2.84. The van der Waals surface area contributed by atoms with Gasteiger partial charge in [0.15, 0.2) is 0 Å². The summed E-state index contributed by atoms with van der Waals surface area (Å²) in [5.41, 5.74) is -0.652. The maximum absolute atomic E-state index is 12.7. The zero-order chi connectivity index (χ0) is 16.0. The van der Waals surface area contributed by atoms with Crippen LogP contribution in [0.1, 0.15) is 24.6 Å². The highest BCUT2D eigenvalue weighted by Gasteiger charge is 2.33. The van der Waals surface area contributed by atoms with E-state index in [9.17, 15) is 18.0 Å². The predicted octanol–water partition coefficient (Wildman–Crippen LogP) is 2.71. The quantitative estimate of drug-likeness (QED) is 0.819. The first-order valence-corrected chi connectivity index (χ1v) is 6.80. The Labute approximate surface area is 126 Å². The van der Waals surface area contributed by atoms with Crippen molar-refractivity contribution in [1.82, 2.24) is 15.2 Å². The fourth-order valence-corrected chi connectivity index (χ4v) is 2.09. The van der Waals surface area contributed by atoms with Crippen molar-refractivity contribution in [2.24, 2.45) is 0 Å². The Hall–Kier alpha value is -1.34. The summed E-state index contributed by atoms with van der Waals surface area (Å²) in [7, 11) is 1.51. The first-order valence-electron chi connectivity index (χ1n) is 6.42. The first-order chi connectivity index (χ1) is 9.76. The molecule has 0 aliphatic heterocycles. The lowest BCUT2D eigenvalue weighted by Gasteiger charge is -2.21. The number of carbonyl (C=O) groups excluding carboxylic acids is 1. The maximum Gasteiger partial charge on any atom is 0.433 e. The Balaban J connectivity index is 2.92. The minimum absolute atomic E-state index is 0.117. The molecule has 0 atom stereocenters. The number of nitrogens with one attached hydrogen (secondary N) is 1. The number of halogens is 4. The minimum atomic E-state index is -4.55. The zero-order valence-corrected chi connectivity index (χ0v) is 12.6. The number of pyridine rings is 1. The van der Waals surface area contributed by atoms with Gasteiger partial charge in [0.2, 0.25) is 5.91 Å². The van der Waals surface area contributed by atoms with Gasteiger partial charge in [-0.05, 0) is 30.7 Å². The molecule has 8 heteroatoms. The second-order valence-electron chi connectivity index (χ2n) is 4.56. The average molecular weight is 324 g/mol. The highest BCUT2D eigenvalue weighted by Crippen LogP contribution is 2.29. The Kier molecular flexibility index (Phi) is 6.42. The van der Waals surface area contributed by atoms with Gasteiger partial charge in [-0.3, -0.25) is 9.69 Å². The number of alkyl halides is 3. The summed E-state index contributed by atoms with van der Waals surface area (Å²) in [5.74, 6) is -0.195. The molecule has 1 heterocycles. The molecule has 0 aliphatic rings. The molecule has 21 heavy (non-hydrogen) atoms. The van der Waals surface area contributed by atoms with E-state index in [0.717, 1.165) is 12.5 Å². The van der Waals surface area contributed by atoms with Crippen molar-refractivity contribution in [3.05, 3.63) is 28.5 Å². The van der Waals surface area contributed by atoms with Crippen molar-refractivity contribution >= 4 is 17.5 Å². The molecule has 1 aromatic rings. The van der Waals surface area contributed by atoms with E-state index in [-0.39, 0.29) is 24.1 Å². The molecule has 0 saturated carbocycles. The fraction of sp³-hybridized carbons (Fsp3) is 0.538. The van der Waals surface area contributed by atoms with E-state index in [1.165, 1.54) is 13.1 Å². The number of hydrogen-bond acceptors (Lipinski definition) is 3. The highest BCUT2D eigenvalue weighted by molar-refractivity contribution is 6.29. The summed E-state index contributed by atoms with van der Waals surface area (Å²) in [6, 6.07) is 2.34. The van der Waals surface area contributed by atoms with E-state index in [1.54, 1.807) is 4.90 Å². The van der Waals surface area contributed by atoms with Crippen LogP contribution in [0.25, 0.3) is 0 Å². The molecule has 0 aromatic carbocycles. The average Bonchev–Trinajstić information content (AvgIpc) is 2.37. The summed E-state index contributed by atoms with van der Waals surface area (Å²) >= 11 is 5.64. The number of rotatable bonds is 6. The topological polar surface area (TPSA) is 45.2 Å². The van der Waals surface area contributed by atoms with Gasteiger partial charge < -0.3 is 5.32 Å². The van der Waals surface area contributed by atoms with Crippen molar-refractivity contribution in [3.63, 3.8) is 0 Å². The van der Waals surface area contributed by atoms with Gasteiger partial charge >= 0.3 is 6.18 Å². The lowest BCUT2D eigenvalue weighted by Crippen LogP contribution is -2.35. The lowest BCUT2D eigenvalue weighted by molar-refractivity contribution is -0.141. The van der Waals surface area contributed by atoms with E-state index in [4.69, 9.17) is 11.6 Å². The van der Waals surface area contributed by atoms with E-state index in [0.29, 0.717) is 12.1 Å². The van der Waals surface area contributed by atoms with Crippen LogP contribution < -0.4 is 5.32 Å². The second kappa shape index (κ2) is 7.61. The van der Waals surface area contributed by atoms with Gasteiger partial charge in [0.05, 0.1) is 6.54 Å². The molecule has 1 N–H and O–H groups in total. The normalized spacial score (nSPS) is 11.8. The molecule has 1 aromatic heterocycles. The molecule has 0 fully saturated rings. The Morgan fingerprint density at radius 2 is 2.10 bits per heavy atom. The molecule has 1 amide bonds. The van der Waals surface area contributed by atoms with Gasteiger partial charge in [-0.25, -0.2) is 4.98 Å². The molecule has 0 aliphatic carbocycles. The number of carbonyl (C=O) groups is 1. The summed E-state index contributed by atoms with van der Waals surface area (Å²) in [5, 5.41) is 2.28. The van der Waals surface area contributed by atoms with Crippen molar-refractivity contribution < 1.29 is 18.0 Å². The molecule has 0 spiro atoms. The zero-order valence-electron chi connectivity index (χ0n) is 11.8. The van der Waals surface area contributed by atoms with Crippen molar-refractivity contribution in [1.29, 1.82) is 0 Å². The summed E-state index contributed by atoms with van der Waals surface area (Å²) in [4.78, 5) is 16.4. The molecule has 4 nitrogen and oxygen atoms in total. The highest BCUT2D eigenvalue weighted by atomic mass is 35.5. The summed E-state index contributed by atoms with van der Waals surface area (Å²) in [6.07, 6.45) is -3.77. The van der Waals surface area contributed by atoms with E-state index >= 15 is 0 Å². The molecule has 1 rings (SSSR count). The monoisotopic (exact) mass is 323 g/mol. The number of likely N-dealkylation sites (N-methyl/N-ethyl adjacent to an activating group) is 1. The molecule has 0 bridgehead atoms. The van der Waals surface area contributed by atoms with Crippen LogP contribution in [0.2, 0.25) is 5.15 Å². The van der Waals surface area contributed by atoms with Crippen LogP contribution >= 0.6 is 11.6 Å². The fourth-order valence-electron chi connectivity index (χ4n) is 1.86. The van der Waals surface area contributed by atoms with Crippen molar-refractivity contribution in [2.75, 3.05) is 20.1 Å². The number of nitrogens with zero attached hydrogens (tertiary/aromatic N) is 2. The Bertz CT molecular complexity index is 494. The largest absolute Gasteiger partial charge is 0.433 e. The molecule has 0 saturated heterocycles. The second-order valence-corrected chi connectivity index (χ2v) is 4.95. The number of hydrogen-bond donors (Lipinski definition) is 1. The van der Waals surface area contributed by atoms with Crippen molar-refractivity contribution in [3.8, 4) is 0 Å². The third-order valence-corrected chi connectivity index (χ3v) is 2.93. The Morgan fingerprint density at radius 3 is 2.62 bits per heavy atom. The van der Waals surface area contributed by atoms with Gasteiger partial charge in [-0.15, -0.1) is 0 Å². The van der Waals surface area contributed by atoms with Gasteiger partial charge in [0.1, 0.15) is 10.8 Å².